The Hall–Kier alpha value is -11.8. The van der Waals surface area contributed by atoms with Crippen LogP contribution in [0, 0.1) is 17.9 Å². The highest BCUT2D eigenvalue weighted by molar-refractivity contribution is 6.12. The van der Waals surface area contributed by atoms with Gasteiger partial charge in [0.2, 0.25) is 0 Å². The summed E-state index contributed by atoms with van der Waals surface area (Å²) in [4.78, 5) is 8.52. The Kier molecular flexibility index (Phi) is 12.0. The summed E-state index contributed by atoms with van der Waals surface area (Å²) in [6.07, 6.45) is 0. The molecule has 0 aliphatic heterocycles. The molecule has 406 valence electrons. The molecule has 5 heteroatoms. The van der Waals surface area contributed by atoms with E-state index in [0.717, 1.165) is 61.6 Å². The van der Waals surface area contributed by atoms with E-state index in [1.807, 2.05) is 24.3 Å². The summed E-state index contributed by atoms with van der Waals surface area (Å²) in [6, 6.07) is 118. The van der Waals surface area contributed by atoms with Gasteiger partial charge in [-0.05, 0) is 176 Å². The average Bonchev–Trinajstić information content (AvgIpc) is 1.61. The number of anilines is 6. The first-order valence-electron chi connectivity index (χ1n) is 29.5. The van der Waals surface area contributed by atoms with Crippen LogP contribution in [0.4, 0.5) is 39.8 Å². The lowest BCUT2D eigenvalue weighted by Crippen LogP contribution is -2.28. The molecular weight excluding hydrogens is 1050 g/mol. The first-order valence-corrected chi connectivity index (χ1v) is 29.5. The fourth-order valence-corrected chi connectivity index (χ4v) is 14.5. The third-order valence-corrected chi connectivity index (χ3v) is 18.2. The zero-order valence-corrected chi connectivity index (χ0v) is 47.3. The molecule has 0 fully saturated rings. The molecule has 1 heterocycles. The molecule has 2 aliphatic rings. The Morgan fingerprint density at radius 1 is 0.322 bits per heavy atom. The molecule has 0 saturated carbocycles. The second-order valence-electron chi connectivity index (χ2n) is 22.5. The summed E-state index contributed by atoms with van der Waals surface area (Å²) in [6.45, 7) is 7.96. The number of fused-ring (bicyclic) bond motifs is 9. The number of hydrogen-bond donors (Lipinski definition) is 0. The third-order valence-electron chi connectivity index (χ3n) is 18.2. The fourth-order valence-electron chi connectivity index (χ4n) is 14.5. The number of nitriles is 1. The van der Waals surface area contributed by atoms with Gasteiger partial charge < -0.3 is 14.4 Å². The van der Waals surface area contributed by atoms with E-state index in [-0.39, 0.29) is 0 Å². The molecule has 0 saturated heterocycles. The van der Waals surface area contributed by atoms with Crippen molar-refractivity contribution < 1.29 is 0 Å². The van der Waals surface area contributed by atoms with Gasteiger partial charge in [-0.2, -0.15) is 5.26 Å². The van der Waals surface area contributed by atoms with Crippen molar-refractivity contribution in [2.24, 2.45) is 0 Å². The molecule has 0 atom stereocenters. The first kappa shape index (κ1) is 50.9. The van der Waals surface area contributed by atoms with Crippen LogP contribution in [0.5, 0.6) is 0 Å². The van der Waals surface area contributed by atoms with Crippen LogP contribution in [-0.4, -0.2) is 4.57 Å². The minimum absolute atomic E-state index is 0.578. The van der Waals surface area contributed by atoms with E-state index in [0.29, 0.717) is 11.3 Å². The average molecular weight is 1110 g/mol. The van der Waals surface area contributed by atoms with E-state index in [9.17, 15) is 5.26 Å². The molecule has 1 aromatic heterocycles. The van der Waals surface area contributed by atoms with E-state index in [4.69, 9.17) is 6.57 Å². The van der Waals surface area contributed by atoms with Gasteiger partial charge in [-0.15, -0.1) is 0 Å². The minimum atomic E-state index is -0.611. The Labute approximate surface area is 506 Å². The lowest BCUT2D eigenvalue weighted by molar-refractivity contribution is 0.768. The summed E-state index contributed by atoms with van der Waals surface area (Å²) in [5, 5.41) is 12.3. The number of hydrogen-bond acceptors (Lipinski definition) is 3. The quantitative estimate of drug-likeness (QED) is 0.121. The van der Waals surface area contributed by atoms with Gasteiger partial charge in [0.15, 0.2) is 5.69 Å². The molecule has 0 bridgehead atoms. The van der Waals surface area contributed by atoms with E-state index in [2.05, 4.69) is 323 Å². The smallest absolute Gasteiger partial charge is 0.187 e. The minimum Gasteiger partial charge on any atom is -0.311 e. The Morgan fingerprint density at radius 2 is 0.655 bits per heavy atom. The van der Waals surface area contributed by atoms with E-state index in [1.54, 1.807) is 0 Å². The van der Waals surface area contributed by atoms with Crippen LogP contribution in [0.1, 0.15) is 50.1 Å². The predicted molar refractivity (Wildman–Crippen MR) is 356 cm³/mol. The third kappa shape index (κ3) is 7.84. The molecular formula is C82H53N5. The largest absolute Gasteiger partial charge is 0.311 e. The molecule has 0 radical (unpaired) electrons. The van der Waals surface area contributed by atoms with Crippen LogP contribution < -0.4 is 9.80 Å². The first-order chi connectivity index (χ1) is 43.1. The summed E-state index contributed by atoms with van der Waals surface area (Å²) >= 11 is 0. The molecule has 0 amide bonds. The van der Waals surface area contributed by atoms with Crippen molar-refractivity contribution in [3.63, 3.8) is 0 Å². The molecule has 0 unspecified atom stereocenters. The van der Waals surface area contributed by atoms with Crippen molar-refractivity contribution >= 4 is 61.6 Å². The van der Waals surface area contributed by atoms with E-state index in [1.165, 1.54) is 66.8 Å². The molecule has 5 nitrogen and oxygen atoms in total. The summed E-state index contributed by atoms with van der Waals surface area (Å²) < 4.78 is 2.38. The summed E-state index contributed by atoms with van der Waals surface area (Å²) in [5.41, 5.74) is 23.4. The number of rotatable bonds is 11. The van der Waals surface area contributed by atoms with Gasteiger partial charge in [0.25, 0.3) is 0 Å². The monoisotopic (exact) mass is 1110 g/mol. The molecule has 13 aromatic carbocycles. The van der Waals surface area contributed by atoms with Crippen molar-refractivity contribution in [2.45, 2.75) is 10.8 Å². The van der Waals surface area contributed by atoms with Gasteiger partial charge in [0, 0.05) is 50.6 Å². The van der Waals surface area contributed by atoms with Gasteiger partial charge in [0.05, 0.1) is 40.1 Å². The maximum atomic E-state index is 10.1. The number of nitrogens with zero attached hydrogens (tertiary/aromatic N) is 5. The van der Waals surface area contributed by atoms with Gasteiger partial charge in [-0.1, -0.05) is 212 Å². The van der Waals surface area contributed by atoms with Crippen LogP contribution in [0.3, 0.4) is 0 Å². The van der Waals surface area contributed by atoms with Crippen molar-refractivity contribution in [1.82, 2.24) is 4.57 Å². The molecule has 87 heavy (non-hydrogen) atoms. The summed E-state index contributed by atoms with van der Waals surface area (Å²) in [5.74, 6) is 0. The van der Waals surface area contributed by atoms with Crippen LogP contribution in [0.15, 0.2) is 322 Å². The second kappa shape index (κ2) is 20.5. The van der Waals surface area contributed by atoms with Gasteiger partial charge in [-0.3, -0.25) is 0 Å². The SMILES string of the molecule is [C-]#[N+]c1ccc(N(c2ccc3c(c2)C(c2ccccc2)(c2ccccc2)c2ccccc2-3)c2ccc3c(c2)c2cc(N(c4ccc(C#N)cc4)c4ccc5c(c4)C(c4ccccc4)(c4ccccc4)c4ccccc4-5)ccc2n3-c2ccccc2)cc1. The van der Waals surface area contributed by atoms with Gasteiger partial charge in [-0.25, -0.2) is 4.85 Å². The number of para-hydroxylation sites is 1. The van der Waals surface area contributed by atoms with Gasteiger partial charge in [0.1, 0.15) is 0 Å². The van der Waals surface area contributed by atoms with Crippen molar-refractivity contribution in [2.75, 3.05) is 9.80 Å². The Morgan fingerprint density at radius 3 is 1.06 bits per heavy atom. The van der Waals surface area contributed by atoms with E-state index < -0.39 is 10.8 Å². The zero-order valence-electron chi connectivity index (χ0n) is 47.3. The highest BCUT2D eigenvalue weighted by atomic mass is 15.2. The molecule has 14 aromatic rings. The Bertz CT molecular complexity index is 4660. The van der Waals surface area contributed by atoms with Gasteiger partial charge >= 0.3 is 0 Å². The van der Waals surface area contributed by atoms with Crippen LogP contribution >= 0.6 is 0 Å². The fraction of sp³-hybridized carbons (Fsp3) is 0.0244. The molecule has 0 spiro atoms. The predicted octanol–water partition coefficient (Wildman–Crippen LogP) is 20.9. The van der Waals surface area contributed by atoms with Crippen LogP contribution in [0.25, 0.3) is 54.6 Å². The number of benzene rings is 13. The van der Waals surface area contributed by atoms with Crippen molar-refractivity contribution in [3.8, 4) is 34.0 Å². The molecule has 0 N–H and O–H groups in total. The van der Waals surface area contributed by atoms with Crippen LogP contribution in [-0.2, 0) is 10.8 Å². The van der Waals surface area contributed by atoms with Crippen molar-refractivity contribution in [3.05, 3.63) is 383 Å². The standard InChI is InChI=1S/C82H53N5/c1-84-61-37-41-64(42-38-61)86(68-44-48-72-70-32-18-20-34-76(70)82(78(72)54-68,59-25-11-4-12-26-59)60-27-13-5-14-28-60)66-46-50-80-74(52-66)73-51-65(45-49-79(73)87(80)62-29-15-6-16-30-62)85(63-39-35-56(55-83)36-40-63)67-43-47-71-69-31-17-19-33-75(69)81(77(71)53-67,57-21-7-2-8-22-57)58-23-9-3-10-24-58/h2-54H. The maximum Gasteiger partial charge on any atom is 0.187 e. The topological polar surface area (TPSA) is 39.6 Å². The molecule has 16 rings (SSSR count). The maximum absolute atomic E-state index is 10.1. The lowest BCUT2D eigenvalue weighted by Gasteiger charge is -2.35. The zero-order chi connectivity index (χ0) is 58.1. The van der Waals surface area contributed by atoms with Crippen molar-refractivity contribution in [1.29, 1.82) is 5.26 Å². The highest BCUT2D eigenvalue weighted by Crippen LogP contribution is 2.59. The summed E-state index contributed by atoms with van der Waals surface area (Å²) in [7, 11) is 0. The number of aromatic nitrogens is 1. The highest BCUT2D eigenvalue weighted by Gasteiger charge is 2.48. The lowest BCUT2D eigenvalue weighted by atomic mass is 9.67. The normalized spacial score (nSPS) is 13.0. The van der Waals surface area contributed by atoms with Crippen LogP contribution in [0.2, 0.25) is 0 Å². The second-order valence-corrected chi connectivity index (χ2v) is 22.5. The molecule has 2 aliphatic carbocycles. The Balaban J connectivity index is 0.927. The van der Waals surface area contributed by atoms with E-state index >= 15 is 0 Å².